The molecule has 1 saturated carbocycles. The van der Waals surface area contributed by atoms with Crippen molar-refractivity contribution in [3.05, 3.63) is 124 Å². The first-order valence-corrected chi connectivity index (χ1v) is 15.1. The highest BCUT2D eigenvalue weighted by Gasteiger charge is 2.47. The van der Waals surface area contributed by atoms with Crippen molar-refractivity contribution in [2.45, 2.75) is 44.8 Å². The molecule has 1 aromatic heterocycles. The van der Waals surface area contributed by atoms with Gasteiger partial charge in [0, 0.05) is 30.6 Å². The van der Waals surface area contributed by atoms with Crippen LogP contribution in [-0.2, 0) is 6.61 Å². The molecule has 41 heavy (non-hydrogen) atoms. The summed E-state index contributed by atoms with van der Waals surface area (Å²) in [7, 11) is 0. The minimum atomic E-state index is -0.260. The Bertz CT molecular complexity index is 1510. The molecule has 0 saturated heterocycles. The van der Waals surface area contributed by atoms with Crippen LogP contribution in [0.1, 0.15) is 48.2 Å². The standard InChI is InChI=1S/C35H37N3O3/c39-30-20-22-37-33(34(30)41-23-25-11-4-3-5-12-25)35(40)36-21-9-2-1-6-14-27-15-10-16-28-19-18-26-13-7-8-17-29(26)32(31(27)28)38(37)24-36/h3-8,10-17,20,22,26,28-29,31-32H,1-2,9,18-19,21,23-24H2/b14-6-/t26?,28?,29?,31?,32-/m1/s1. The van der Waals surface area contributed by atoms with Crippen LogP contribution in [0, 0.1) is 23.7 Å². The topological polar surface area (TPSA) is 54.8 Å². The second-order valence-electron chi connectivity index (χ2n) is 11.8. The number of ether oxygens (including phenoxy) is 1. The number of hydrogen-bond donors (Lipinski definition) is 0. The zero-order chi connectivity index (χ0) is 27.8. The average Bonchev–Trinajstić information content (AvgIpc) is 3.17. The van der Waals surface area contributed by atoms with Gasteiger partial charge in [-0.15, -0.1) is 0 Å². The van der Waals surface area contributed by atoms with Gasteiger partial charge in [-0.2, -0.15) is 0 Å². The van der Waals surface area contributed by atoms with Crippen molar-refractivity contribution in [3.63, 3.8) is 0 Å². The first-order chi connectivity index (χ1) is 20.2. The van der Waals surface area contributed by atoms with Crippen LogP contribution in [0.5, 0.6) is 5.75 Å². The minimum Gasteiger partial charge on any atom is -0.482 e. The highest BCUT2D eigenvalue weighted by Crippen LogP contribution is 2.46. The van der Waals surface area contributed by atoms with Gasteiger partial charge in [0.25, 0.3) is 5.91 Å². The van der Waals surface area contributed by atoms with Crippen LogP contribution in [-0.4, -0.2) is 34.7 Å². The summed E-state index contributed by atoms with van der Waals surface area (Å²) >= 11 is 0. The Morgan fingerprint density at radius 3 is 2.63 bits per heavy atom. The summed E-state index contributed by atoms with van der Waals surface area (Å²) in [5.74, 6) is 1.38. The van der Waals surface area contributed by atoms with Gasteiger partial charge in [0.15, 0.2) is 11.4 Å². The zero-order valence-corrected chi connectivity index (χ0v) is 23.3. The van der Waals surface area contributed by atoms with E-state index in [2.05, 4.69) is 59.7 Å². The maximum atomic E-state index is 14.1. The number of carbonyl (C=O) groups is 1. The number of hydrogen-bond acceptors (Lipinski definition) is 4. The van der Waals surface area contributed by atoms with Crippen molar-refractivity contribution in [1.82, 2.24) is 9.58 Å². The van der Waals surface area contributed by atoms with E-state index in [0.717, 1.165) is 37.7 Å². The lowest BCUT2D eigenvalue weighted by molar-refractivity contribution is 0.0646. The van der Waals surface area contributed by atoms with Gasteiger partial charge in [-0.25, -0.2) is 0 Å². The Hall–Kier alpha value is -4.06. The van der Waals surface area contributed by atoms with Crippen molar-refractivity contribution in [1.29, 1.82) is 0 Å². The molecule has 1 aromatic carbocycles. The quantitative estimate of drug-likeness (QED) is 0.490. The molecular formula is C35H37N3O3. The van der Waals surface area contributed by atoms with E-state index in [1.807, 2.05) is 39.9 Å². The zero-order valence-electron chi connectivity index (χ0n) is 23.3. The molecule has 1 amide bonds. The summed E-state index contributed by atoms with van der Waals surface area (Å²) in [5, 5.41) is 2.37. The van der Waals surface area contributed by atoms with Crippen LogP contribution >= 0.6 is 0 Å². The normalized spacial score (nSPS) is 29.2. The second-order valence-corrected chi connectivity index (χ2v) is 11.8. The summed E-state index contributed by atoms with van der Waals surface area (Å²) < 4.78 is 8.17. The number of pyridine rings is 1. The Balaban J connectivity index is 1.39. The third-order valence-corrected chi connectivity index (χ3v) is 9.43. The highest BCUT2D eigenvalue weighted by molar-refractivity contribution is 5.96. The third-order valence-electron chi connectivity index (χ3n) is 9.43. The molecule has 0 spiro atoms. The number of carbonyl (C=O) groups excluding carboxylic acids is 1. The van der Waals surface area contributed by atoms with Gasteiger partial charge in [0.05, 0.1) is 6.04 Å². The van der Waals surface area contributed by atoms with Crippen molar-refractivity contribution in [3.8, 4) is 5.75 Å². The second kappa shape index (κ2) is 11.1. The molecule has 3 aliphatic carbocycles. The van der Waals surface area contributed by atoms with Crippen LogP contribution in [0.15, 0.2) is 108 Å². The monoisotopic (exact) mass is 547 g/mol. The summed E-state index contributed by atoms with van der Waals surface area (Å²) in [6.45, 7) is 1.37. The molecule has 0 radical (unpaired) electrons. The Morgan fingerprint density at radius 1 is 0.902 bits per heavy atom. The number of benzene rings is 1. The molecule has 5 aliphatic rings. The number of aromatic nitrogens is 1. The Kier molecular flexibility index (Phi) is 6.99. The molecule has 2 aliphatic heterocycles. The number of rotatable bonds is 3. The summed E-state index contributed by atoms with van der Waals surface area (Å²) in [4.78, 5) is 29.4. The van der Waals surface area contributed by atoms with Gasteiger partial charge in [-0.1, -0.05) is 85.0 Å². The van der Waals surface area contributed by atoms with E-state index in [1.165, 1.54) is 5.57 Å². The van der Waals surface area contributed by atoms with E-state index in [4.69, 9.17) is 4.74 Å². The van der Waals surface area contributed by atoms with E-state index in [9.17, 15) is 9.59 Å². The summed E-state index contributed by atoms with van der Waals surface area (Å²) in [5.41, 5.74) is 2.40. The fraction of sp³-hybridized carbons (Fsp3) is 0.371. The van der Waals surface area contributed by atoms with Gasteiger partial charge in [-0.3, -0.25) is 19.3 Å². The van der Waals surface area contributed by atoms with E-state index in [0.29, 0.717) is 30.7 Å². The van der Waals surface area contributed by atoms with E-state index < -0.39 is 0 Å². The first kappa shape index (κ1) is 25.9. The van der Waals surface area contributed by atoms with Gasteiger partial charge in [0.2, 0.25) is 5.43 Å². The predicted octanol–water partition coefficient (Wildman–Crippen LogP) is 5.77. The van der Waals surface area contributed by atoms with Gasteiger partial charge in [-0.05, 0) is 55.1 Å². The van der Waals surface area contributed by atoms with Crippen LogP contribution in [0.3, 0.4) is 0 Å². The molecule has 0 N–H and O–H groups in total. The average molecular weight is 548 g/mol. The molecule has 6 heteroatoms. The molecule has 2 bridgehead atoms. The highest BCUT2D eigenvalue weighted by atomic mass is 16.5. The smallest absolute Gasteiger partial charge is 0.277 e. The van der Waals surface area contributed by atoms with Crippen molar-refractivity contribution in [2.75, 3.05) is 18.2 Å². The fourth-order valence-corrected chi connectivity index (χ4v) is 7.45. The first-order valence-electron chi connectivity index (χ1n) is 15.1. The van der Waals surface area contributed by atoms with Crippen LogP contribution in [0.4, 0.5) is 0 Å². The van der Waals surface area contributed by atoms with Crippen molar-refractivity contribution >= 4 is 5.91 Å². The number of fused-ring (bicyclic) bond motifs is 7. The predicted molar refractivity (Wildman–Crippen MR) is 161 cm³/mol. The maximum absolute atomic E-state index is 14.1. The van der Waals surface area contributed by atoms with Crippen LogP contribution < -0.4 is 15.2 Å². The molecule has 2 aromatic rings. The molecule has 4 unspecified atom stereocenters. The summed E-state index contributed by atoms with van der Waals surface area (Å²) in [6.07, 6.45) is 27.7. The lowest BCUT2D eigenvalue weighted by Gasteiger charge is -2.50. The van der Waals surface area contributed by atoms with Gasteiger partial charge in [0.1, 0.15) is 13.3 Å². The van der Waals surface area contributed by atoms with E-state index >= 15 is 0 Å². The van der Waals surface area contributed by atoms with Crippen molar-refractivity contribution in [2.24, 2.45) is 23.7 Å². The van der Waals surface area contributed by atoms with Crippen molar-refractivity contribution < 1.29 is 9.53 Å². The number of amides is 1. The Morgan fingerprint density at radius 2 is 1.73 bits per heavy atom. The van der Waals surface area contributed by atoms with E-state index in [-0.39, 0.29) is 41.6 Å². The summed E-state index contributed by atoms with van der Waals surface area (Å²) in [6, 6.07) is 11.5. The molecule has 3 heterocycles. The largest absolute Gasteiger partial charge is 0.482 e. The maximum Gasteiger partial charge on any atom is 0.277 e. The lowest BCUT2D eigenvalue weighted by atomic mass is 9.72. The van der Waals surface area contributed by atoms with Crippen LogP contribution in [0.2, 0.25) is 0 Å². The lowest BCUT2D eigenvalue weighted by Crippen LogP contribution is -2.62. The number of nitrogens with zero attached hydrogens (tertiary/aromatic N) is 3. The molecule has 7 rings (SSSR count). The van der Waals surface area contributed by atoms with E-state index in [1.54, 1.807) is 12.3 Å². The minimum absolute atomic E-state index is 0.0906. The van der Waals surface area contributed by atoms with Gasteiger partial charge >= 0.3 is 0 Å². The van der Waals surface area contributed by atoms with Gasteiger partial charge < -0.3 is 9.64 Å². The molecule has 5 atom stereocenters. The molecule has 6 nitrogen and oxygen atoms in total. The fourth-order valence-electron chi connectivity index (χ4n) is 7.45. The SMILES string of the molecule is O=C1c2c(OCc3ccccc3)c(=O)ccn2N2CN1CCCC/C=C\C1=CC=CC3CCC4C=CC=CC4[C@@H]2C13. The molecule has 1 fully saturated rings. The van der Waals surface area contributed by atoms with Crippen LogP contribution in [0.25, 0.3) is 0 Å². The third kappa shape index (κ3) is 4.79. The molecular weight excluding hydrogens is 510 g/mol. The number of allylic oxidation sites excluding steroid dienone is 8. The Labute approximate surface area is 241 Å². The molecule has 210 valence electrons.